The maximum Gasteiger partial charge on any atom is 0.573 e. The van der Waals surface area contributed by atoms with Crippen molar-refractivity contribution in [2.45, 2.75) is 19.3 Å². The molecule has 114 valence electrons. The standard InChI is InChI=1S/C14H16F3N3O/c1-3-18-13(11-8-19-20(2)9-11)10-5-4-6-12(7-10)21-14(15,16)17/h4-9,13,18H,3H2,1-2H3. The Bertz CT molecular complexity index is 595. The molecule has 1 N–H and O–H groups in total. The van der Waals surface area contributed by atoms with Gasteiger partial charge in [0.1, 0.15) is 5.75 Å². The van der Waals surface area contributed by atoms with E-state index in [0.29, 0.717) is 12.1 Å². The first-order chi connectivity index (χ1) is 9.89. The Labute approximate surface area is 120 Å². The number of hydrogen-bond acceptors (Lipinski definition) is 3. The largest absolute Gasteiger partial charge is 0.573 e. The number of benzene rings is 1. The van der Waals surface area contributed by atoms with Crippen molar-refractivity contribution < 1.29 is 17.9 Å². The predicted molar refractivity (Wildman–Crippen MR) is 71.9 cm³/mol. The molecule has 0 fully saturated rings. The van der Waals surface area contributed by atoms with Crippen molar-refractivity contribution in [1.82, 2.24) is 15.1 Å². The van der Waals surface area contributed by atoms with Gasteiger partial charge in [0.05, 0.1) is 12.2 Å². The third kappa shape index (κ3) is 4.22. The summed E-state index contributed by atoms with van der Waals surface area (Å²) in [5.74, 6) is -0.230. The number of nitrogens with one attached hydrogen (secondary N) is 1. The molecule has 1 atom stereocenters. The van der Waals surface area contributed by atoms with Gasteiger partial charge in [0.15, 0.2) is 0 Å². The van der Waals surface area contributed by atoms with Gasteiger partial charge in [0, 0.05) is 18.8 Å². The third-order valence-electron chi connectivity index (χ3n) is 2.89. The van der Waals surface area contributed by atoms with Gasteiger partial charge in [-0.15, -0.1) is 13.2 Å². The number of hydrogen-bond donors (Lipinski definition) is 1. The molecule has 0 amide bonds. The van der Waals surface area contributed by atoms with Crippen molar-refractivity contribution in [1.29, 1.82) is 0 Å². The van der Waals surface area contributed by atoms with Gasteiger partial charge >= 0.3 is 6.36 Å². The minimum atomic E-state index is -4.69. The van der Waals surface area contributed by atoms with Gasteiger partial charge in [0.2, 0.25) is 0 Å². The summed E-state index contributed by atoms with van der Waals surface area (Å²) < 4.78 is 42.5. The zero-order chi connectivity index (χ0) is 15.5. The van der Waals surface area contributed by atoms with Crippen LogP contribution in [0.1, 0.15) is 24.1 Å². The van der Waals surface area contributed by atoms with Crippen LogP contribution in [0.15, 0.2) is 36.7 Å². The fourth-order valence-electron chi connectivity index (χ4n) is 2.11. The second kappa shape index (κ2) is 6.17. The third-order valence-corrected chi connectivity index (χ3v) is 2.89. The first kappa shape index (κ1) is 15.4. The van der Waals surface area contributed by atoms with Crippen molar-refractivity contribution in [2.75, 3.05) is 6.54 Å². The number of rotatable bonds is 5. The first-order valence-corrected chi connectivity index (χ1v) is 6.46. The van der Waals surface area contributed by atoms with Gasteiger partial charge in [-0.3, -0.25) is 4.68 Å². The Balaban J connectivity index is 2.30. The number of alkyl halides is 3. The SMILES string of the molecule is CCNC(c1cccc(OC(F)(F)F)c1)c1cnn(C)c1. The van der Waals surface area contributed by atoms with Crippen LogP contribution in [0.25, 0.3) is 0 Å². The van der Waals surface area contributed by atoms with E-state index >= 15 is 0 Å². The summed E-state index contributed by atoms with van der Waals surface area (Å²) in [6.45, 7) is 2.60. The van der Waals surface area contributed by atoms with Crippen LogP contribution in [0.2, 0.25) is 0 Å². The topological polar surface area (TPSA) is 39.1 Å². The maximum atomic E-state index is 12.3. The maximum absolute atomic E-state index is 12.3. The van der Waals surface area contributed by atoms with Crippen LogP contribution < -0.4 is 10.1 Å². The van der Waals surface area contributed by atoms with Crippen molar-refractivity contribution >= 4 is 0 Å². The van der Waals surface area contributed by atoms with E-state index in [0.717, 1.165) is 5.56 Å². The average Bonchev–Trinajstić information content (AvgIpc) is 2.80. The lowest BCUT2D eigenvalue weighted by Gasteiger charge is -2.18. The summed E-state index contributed by atoms with van der Waals surface area (Å²) in [6, 6.07) is 5.72. The van der Waals surface area contributed by atoms with Crippen LogP contribution in [-0.4, -0.2) is 22.7 Å². The fourth-order valence-corrected chi connectivity index (χ4v) is 2.11. The molecule has 1 aromatic heterocycles. The van der Waals surface area contributed by atoms with E-state index in [4.69, 9.17) is 0 Å². The summed E-state index contributed by atoms with van der Waals surface area (Å²) in [5, 5.41) is 7.32. The highest BCUT2D eigenvalue weighted by Gasteiger charge is 2.31. The predicted octanol–water partition coefficient (Wildman–Crippen LogP) is 3.02. The number of nitrogens with zero attached hydrogens (tertiary/aromatic N) is 2. The molecule has 21 heavy (non-hydrogen) atoms. The number of aromatic nitrogens is 2. The summed E-state index contributed by atoms with van der Waals surface area (Å²) in [7, 11) is 1.79. The van der Waals surface area contributed by atoms with Crippen LogP contribution in [0.5, 0.6) is 5.75 Å². The number of halogens is 3. The van der Waals surface area contributed by atoms with E-state index in [1.165, 1.54) is 18.2 Å². The molecule has 0 saturated heterocycles. The van der Waals surface area contributed by atoms with Gasteiger partial charge in [-0.25, -0.2) is 0 Å². The molecule has 2 rings (SSSR count). The zero-order valence-electron chi connectivity index (χ0n) is 11.7. The summed E-state index contributed by atoms with van der Waals surface area (Å²) in [4.78, 5) is 0. The molecule has 0 spiro atoms. The summed E-state index contributed by atoms with van der Waals surface area (Å²) in [5.41, 5.74) is 1.56. The molecule has 2 aromatic rings. The normalized spacial score (nSPS) is 13.2. The van der Waals surface area contributed by atoms with E-state index < -0.39 is 6.36 Å². The molecule has 0 saturated carbocycles. The van der Waals surface area contributed by atoms with Crippen LogP contribution in [0.3, 0.4) is 0 Å². The Morgan fingerprint density at radius 3 is 2.67 bits per heavy atom. The number of aryl methyl sites for hydroxylation is 1. The molecule has 0 aliphatic carbocycles. The van der Waals surface area contributed by atoms with Crippen LogP contribution >= 0.6 is 0 Å². The summed E-state index contributed by atoms with van der Waals surface area (Å²) in [6.07, 6.45) is -1.18. The Hall–Kier alpha value is -2.02. The van der Waals surface area contributed by atoms with E-state index in [-0.39, 0.29) is 11.8 Å². The van der Waals surface area contributed by atoms with Crippen LogP contribution in [0.4, 0.5) is 13.2 Å². The molecular weight excluding hydrogens is 283 g/mol. The lowest BCUT2D eigenvalue weighted by molar-refractivity contribution is -0.274. The van der Waals surface area contributed by atoms with Gasteiger partial charge in [-0.05, 0) is 24.2 Å². The monoisotopic (exact) mass is 299 g/mol. The quantitative estimate of drug-likeness (QED) is 0.922. The molecule has 0 bridgehead atoms. The highest BCUT2D eigenvalue weighted by Crippen LogP contribution is 2.28. The van der Waals surface area contributed by atoms with Gasteiger partial charge in [-0.2, -0.15) is 5.10 Å². The molecule has 1 unspecified atom stereocenters. The fraction of sp³-hybridized carbons (Fsp3) is 0.357. The van der Waals surface area contributed by atoms with Gasteiger partial charge < -0.3 is 10.1 Å². The van der Waals surface area contributed by atoms with Gasteiger partial charge in [0.25, 0.3) is 0 Å². The molecule has 0 aliphatic rings. The lowest BCUT2D eigenvalue weighted by Crippen LogP contribution is -2.22. The Kier molecular flexibility index (Phi) is 4.52. The average molecular weight is 299 g/mol. The highest BCUT2D eigenvalue weighted by atomic mass is 19.4. The van der Waals surface area contributed by atoms with Crippen molar-refractivity contribution in [2.24, 2.45) is 7.05 Å². The second-order valence-electron chi connectivity index (χ2n) is 4.56. The second-order valence-corrected chi connectivity index (χ2v) is 4.56. The first-order valence-electron chi connectivity index (χ1n) is 6.46. The van der Waals surface area contributed by atoms with Crippen LogP contribution in [-0.2, 0) is 7.05 Å². The van der Waals surface area contributed by atoms with Crippen LogP contribution in [0, 0.1) is 0 Å². The van der Waals surface area contributed by atoms with E-state index in [1.54, 1.807) is 24.0 Å². The zero-order valence-corrected chi connectivity index (χ0v) is 11.7. The molecule has 4 nitrogen and oxygen atoms in total. The molecule has 0 radical (unpaired) electrons. The lowest BCUT2D eigenvalue weighted by atomic mass is 10.0. The van der Waals surface area contributed by atoms with E-state index in [9.17, 15) is 13.2 Å². The molecule has 0 aliphatic heterocycles. The highest BCUT2D eigenvalue weighted by molar-refractivity contribution is 5.35. The summed E-state index contributed by atoms with van der Waals surface area (Å²) >= 11 is 0. The number of ether oxygens (including phenoxy) is 1. The Morgan fingerprint density at radius 2 is 2.10 bits per heavy atom. The van der Waals surface area contributed by atoms with Crippen molar-refractivity contribution in [3.63, 3.8) is 0 Å². The van der Waals surface area contributed by atoms with E-state index in [1.807, 2.05) is 13.1 Å². The smallest absolute Gasteiger partial charge is 0.406 e. The van der Waals surface area contributed by atoms with Crippen molar-refractivity contribution in [3.05, 3.63) is 47.8 Å². The van der Waals surface area contributed by atoms with E-state index in [2.05, 4.69) is 15.2 Å². The molecular formula is C14H16F3N3O. The molecule has 1 heterocycles. The van der Waals surface area contributed by atoms with Crippen molar-refractivity contribution in [3.8, 4) is 5.75 Å². The minimum Gasteiger partial charge on any atom is -0.406 e. The molecule has 7 heteroatoms. The molecule has 1 aromatic carbocycles. The minimum absolute atomic E-state index is 0.230. The Morgan fingerprint density at radius 1 is 1.33 bits per heavy atom. The van der Waals surface area contributed by atoms with Gasteiger partial charge in [-0.1, -0.05) is 19.1 Å².